The number of hydrogen-bond donors (Lipinski definition) is 0. The standard InChI is InChI=1S/C31H36Cl2N2O3/c1-34(31(36)23-7-5-4-6-8-23)21-25(24-9-11-28(32)29(33)19-24)15-18-35-16-13-22(14-17-35)27-20-26(37-2)10-12-30(27)38-3/h4-12,19-20,22,25H,13-18,21H2,1-3H3. The van der Waals surface area contributed by atoms with Gasteiger partial charge in [-0.3, -0.25) is 4.79 Å². The van der Waals surface area contributed by atoms with Gasteiger partial charge in [-0.15, -0.1) is 0 Å². The molecule has 7 heteroatoms. The summed E-state index contributed by atoms with van der Waals surface area (Å²) in [7, 11) is 5.29. The van der Waals surface area contributed by atoms with Crippen molar-refractivity contribution in [1.82, 2.24) is 9.80 Å². The molecule has 0 aliphatic carbocycles. The van der Waals surface area contributed by atoms with E-state index in [2.05, 4.69) is 11.0 Å². The molecule has 1 fully saturated rings. The molecule has 3 aromatic carbocycles. The molecule has 38 heavy (non-hydrogen) atoms. The zero-order chi connectivity index (χ0) is 27.1. The van der Waals surface area contributed by atoms with Gasteiger partial charge in [0.05, 0.1) is 24.3 Å². The highest BCUT2D eigenvalue weighted by molar-refractivity contribution is 6.42. The van der Waals surface area contributed by atoms with Crippen LogP contribution in [0.4, 0.5) is 0 Å². The van der Waals surface area contributed by atoms with Gasteiger partial charge in [0, 0.05) is 30.6 Å². The molecule has 4 rings (SSSR count). The Bertz CT molecular complexity index is 1210. The summed E-state index contributed by atoms with van der Waals surface area (Å²) in [6.07, 6.45) is 3.04. The van der Waals surface area contributed by atoms with Crippen LogP contribution in [-0.2, 0) is 0 Å². The molecule has 0 saturated carbocycles. The second-order valence-corrected chi connectivity index (χ2v) is 10.7. The van der Waals surface area contributed by atoms with Crippen LogP contribution in [0.1, 0.15) is 52.6 Å². The third-order valence-electron chi connectivity index (χ3n) is 7.53. The highest BCUT2D eigenvalue weighted by Gasteiger charge is 2.25. The number of nitrogens with zero attached hydrogens (tertiary/aromatic N) is 2. The number of likely N-dealkylation sites (N-methyl/N-ethyl adjacent to an activating group) is 1. The summed E-state index contributed by atoms with van der Waals surface area (Å²) in [6, 6.07) is 21.3. The molecule has 1 heterocycles. The first-order valence-corrected chi connectivity index (χ1v) is 13.8. The minimum Gasteiger partial charge on any atom is -0.497 e. The summed E-state index contributed by atoms with van der Waals surface area (Å²) in [5.41, 5.74) is 3.02. The number of methoxy groups -OCH3 is 2. The molecule has 0 N–H and O–H groups in total. The van der Waals surface area contributed by atoms with Crippen LogP contribution in [0.2, 0.25) is 10.0 Å². The van der Waals surface area contributed by atoms with E-state index in [1.165, 1.54) is 5.56 Å². The summed E-state index contributed by atoms with van der Waals surface area (Å²) >= 11 is 12.6. The van der Waals surface area contributed by atoms with Crippen molar-refractivity contribution in [1.29, 1.82) is 0 Å². The van der Waals surface area contributed by atoms with Crippen molar-refractivity contribution in [3.63, 3.8) is 0 Å². The van der Waals surface area contributed by atoms with Crippen molar-refractivity contribution >= 4 is 29.1 Å². The zero-order valence-electron chi connectivity index (χ0n) is 22.3. The number of piperidine rings is 1. The van der Waals surface area contributed by atoms with Crippen LogP contribution in [0.5, 0.6) is 11.5 Å². The Labute approximate surface area is 236 Å². The van der Waals surface area contributed by atoms with Crippen molar-refractivity contribution in [2.75, 3.05) is 47.4 Å². The fourth-order valence-electron chi connectivity index (χ4n) is 5.31. The molecule has 0 spiro atoms. The Balaban J connectivity index is 1.41. The molecule has 1 aliphatic rings. The first-order chi connectivity index (χ1) is 18.4. The summed E-state index contributed by atoms with van der Waals surface area (Å²) in [6.45, 7) is 3.57. The molecule has 3 aromatic rings. The molecule has 1 saturated heterocycles. The van der Waals surface area contributed by atoms with Gasteiger partial charge in [0.25, 0.3) is 5.91 Å². The van der Waals surface area contributed by atoms with Crippen LogP contribution in [-0.4, -0.2) is 63.2 Å². The minimum absolute atomic E-state index is 0.0173. The predicted molar refractivity (Wildman–Crippen MR) is 155 cm³/mol. The van der Waals surface area contributed by atoms with Crippen LogP contribution in [0, 0.1) is 0 Å². The molecule has 0 bridgehead atoms. The maximum Gasteiger partial charge on any atom is 0.253 e. The lowest BCUT2D eigenvalue weighted by Gasteiger charge is -2.34. The van der Waals surface area contributed by atoms with Crippen molar-refractivity contribution < 1.29 is 14.3 Å². The first-order valence-electron chi connectivity index (χ1n) is 13.1. The number of carbonyl (C=O) groups excluding carboxylic acids is 1. The lowest BCUT2D eigenvalue weighted by Crippen LogP contribution is -2.36. The van der Waals surface area contributed by atoms with Gasteiger partial charge in [-0.25, -0.2) is 0 Å². The van der Waals surface area contributed by atoms with Crippen molar-refractivity contribution in [2.45, 2.75) is 31.1 Å². The van der Waals surface area contributed by atoms with Gasteiger partial charge < -0.3 is 19.3 Å². The maximum absolute atomic E-state index is 13.1. The van der Waals surface area contributed by atoms with Gasteiger partial charge in [-0.2, -0.15) is 0 Å². The lowest BCUT2D eigenvalue weighted by atomic mass is 9.88. The number of amides is 1. The van der Waals surface area contributed by atoms with E-state index in [9.17, 15) is 4.79 Å². The van der Waals surface area contributed by atoms with Gasteiger partial charge >= 0.3 is 0 Å². The summed E-state index contributed by atoms with van der Waals surface area (Å²) in [4.78, 5) is 17.4. The van der Waals surface area contributed by atoms with Crippen LogP contribution in [0.25, 0.3) is 0 Å². The first kappa shape index (κ1) is 28.3. The van der Waals surface area contributed by atoms with E-state index in [1.54, 1.807) is 14.2 Å². The summed E-state index contributed by atoms with van der Waals surface area (Å²) in [5, 5.41) is 1.08. The summed E-state index contributed by atoms with van der Waals surface area (Å²) in [5.74, 6) is 2.39. The fourth-order valence-corrected chi connectivity index (χ4v) is 5.62. The van der Waals surface area contributed by atoms with E-state index < -0.39 is 0 Å². The Morgan fingerprint density at radius 1 is 0.974 bits per heavy atom. The molecule has 0 aromatic heterocycles. The molecule has 202 valence electrons. The number of halogens is 2. The average molecular weight is 556 g/mol. The minimum atomic E-state index is 0.0173. The molecule has 5 nitrogen and oxygen atoms in total. The number of ether oxygens (including phenoxy) is 2. The highest BCUT2D eigenvalue weighted by atomic mass is 35.5. The maximum atomic E-state index is 13.1. The quantitative estimate of drug-likeness (QED) is 0.267. The number of benzene rings is 3. The van der Waals surface area contributed by atoms with Crippen molar-refractivity contribution in [2.24, 2.45) is 0 Å². The number of rotatable bonds is 10. The molecule has 1 unspecified atom stereocenters. The van der Waals surface area contributed by atoms with Gasteiger partial charge in [0.15, 0.2) is 0 Å². The SMILES string of the molecule is COc1ccc(OC)c(C2CCN(CCC(CN(C)C(=O)c3ccccc3)c3ccc(Cl)c(Cl)c3)CC2)c1. The smallest absolute Gasteiger partial charge is 0.253 e. The van der Waals surface area contributed by atoms with E-state index in [-0.39, 0.29) is 11.8 Å². The van der Waals surface area contributed by atoms with Crippen LogP contribution < -0.4 is 9.47 Å². The Hall–Kier alpha value is -2.73. The van der Waals surface area contributed by atoms with E-state index in [0.717, 1.165) is 56.0 Å². The van der Waals surface area contributed by atoms with Crippen LogP contribution >= 0.6 is 23.2 Å². The topological polar surface area (TPSA) is 42.0 Å². The fraction of sp³-hybridized carbons (Fsp3) is 0.387. The zero-order valence-corrected chi connectivity index (χ0v) is 23.8. The van der Waals surface area contributed by atoms with E-state index in [1.807, 2.05) is 72.6 Å². The molecule has 0 radical (unpaired) electrons. The monoisotopic (exact) mass is 554 g/mol. The van der Waals surface area contributed by atoms with Gasteiger partial charge in [-0.05, 0) is 92.8 Å². The highest BCUT2D eigenvalue weighted by Crippen LogP contribution is 2.37. The Morgan fingerprint density at radius 3 is 2.37 bits per heavy atom. The molecular weight excluding hydrogens is 519 g/mol. The van der Waals surface area contributed by atoms with Crippen molar-refractivity contribution in [3.8, 4) is 11.5 Å². The average Bonchev–Trinajstić information content (AvgIpc) is 2.96. The number of carbonyl (C=O) groups is 1. The third kappa shape index (κ3) is 7.02. The predicted octanol–water partition coefficient (Wildman–Crippen LogP) is 7.14. The molecule has 1 aliphatic heterocycles. The normalized spacial score (nSPS) is 15.2. The van der Waals surface area contributed by atoms with E-state index in [4.69, 9.17) is 32.7 Å². The Morgan fingerprint density at radius 2 is 1.71 bits per heavy atom. The Kier molecular flexibility index (Phi) is 9.95. The second-order valence-electron chi connectivity index (χ2n) is 9.93. The molecule has 1 atom stereocenters. The summed E-state index contributed by atoms with van der Waals surface area (Å²) < 4.78 is 11.1. The largest absolute Gasteiger partial charge is 0.497 e. The van der Waals surface area contributed by atoms with Gasteiger partial charge in [-0.1, -0.05) is 47.5 Å². The number of likely N-dealkylation sites (tertiary alicyclic amines) is 1. The van der Waals surface area contributed by atoms with Crippen molar-refractivity contribution in [3.05, 3.63) is 93.5 Å². The third-order valence-corrected chi connectivity index (χ3v) is 8.27. The van der Waals surface area contributed by atoms with E-state index in [0.29, 0.717) is 28.1 Å². The van der Waals surface area contributed by atoms with Crippen LogP contribution in [0.15, 0.2) is 66.7 Å². The second kappa shape index (κ2) is 13.4. The van der Waals surface area contributed by atoms with Gasteiger partial charge in [0.2, 0.25) is 0 Å². The van der Waals surface area contributed by atoms with Gasteiger partial charge in [0.1, 0.15) is 11.5 Å². The number of hydrogen-bond acceptors (Lipinski definition) is 4. The molecular formula is C31H36Cl2N2O3. The lowest BCUT2D eigenvalue weighted by molar-refractivity contribution is 0.0781. The van der Waals surface area contributed by atoms with Crippen LogP contribution in [0.3, 0.4) is 0 Å². The molecule has 1 amide bonds. The van der Waals surface area contributed by atoms with E-state index >= 15 is 0 Å².